The first-order valence-electron chi connectivity index (χ1n) is 17.3. The van der Waals surface area contributed by atoms with E-state index in [-0.39, 0.29) is 0 Å². The quantitative estimate of drug-likeness (QED) is 0.173. The van der Waals surface area contributed by atoms with E-state index in [1.54, 1.807) is 0 Å². The van der Waals surface area contributed by atoms with Crippen LogP contribution in [-0.2, 0) is 5.66 Å². The van der Waals surface area contributed by atoms with E-state index in [0.717, 1.165) is 23.0 Å². The molecule has 3 aliphatic heterocycles. The normalized spacial score (nSPS) is 16.0. The number of ether oxygens (including phenoxy) is 1. The molecule has 0 saturated carbocycles. The molecule has 1 atom stereocenters. The zero-order chi connectivity index (χ0) is 32.9. The van der Waals surface area contributed by atoms with Gasteiger partial charge in [-0.3, -0.25) is 0 Å². The van der Waals surface area contributed by atoms with Crippen LogP contribution in [-0.4, -0.2) is 9.25 Å². The van der Waals surface area contributed by atoms with Crippen molar-refractivity contribution in [2.75, 3.05) is 0 Å². The van der Waals surface area contributed by atoms with Gasteiger partial charge in [-0.25, -0.2) is 0 Å². The van der Waals surface area contributed by atoms with Crippen molar-refractivity contribution in [3.8, 4) is 45.3 Å². The highest BCUT2D eigenvalue weighted by Gasteiger charge is 2.69. The third-order valence-corrected chi connectivity index (χ3v) is 11.5. The highest BCUT2D eigenvalue weighted by atomic mass is 16.5. The van der Waals surface area contributed by atoms with Crippen LogP contribution in [0.4, 0.5) is 0 Å². The molecule has 5 nitrogen and oxygen atoms in total. The van der Waals surface area contributed by atoms with Crippen LogP contribution in [0, 0.1) is 13.8 Å². The number of pyridine rings is 1. The fourth-order valence-corrected chi connectivity index (χ4v) is 9.68. The van der Waals surface area contributed by atoms with E-state index in [1.807, 2.05) is 0 Å². The second-order valence-electron chi connectivity index (χ2n) is 13.8. The highest BCUT2D eigenvalue weighted by Crippen LogP contribution is 2.56. The summed E-state index contributed by atoms with van der Waals surface area (Å²) in [4.78, 5) is 0. The Morgan fingerprint density at radius 3 is 2.24 bits per heavy atom. The van der Waals surface area contributed by atoms with Gasteiger partial charge in [0.05, 0.1) is 17.5 Å². The van der Waals surface area contributed by atoms with Gasteiger partial charge < -0.3 is 4.74 Å². The number of para-hydroxylation sites is 1. The highest BCUT2D eigenvalue weighted by molar-refractivity contribution is 6.11. The maximum Gasteiger partial charge on any atom is 0.397 e. The number of benzene rings is 6. The Morgan fingerprint density at radius 1 is 0.600 bits per heavy atom. The summed E-state index contributed by atoms with van der Waals surface area (Å²) < 4.78 is 16.8. The summed E-state index contributed by atoms with van der Waals surface area (Å²) in [5, 5.41) is 5.01. The minimum Gasteiger partial charge on any atom is -0.456 e. The smallest absolute Gasteiger partial charge is 0.397 e. The van der Waals surface area contributed by atoms with Crippen molar-refractivity contribution in [2.24, 2.45) is 0 Å². The molecule has 6 heterocycles. The Hall–Kier alpha value is -6.46. The van der Waals surface area contributed by atoms with Crippen LogP contribution in [0.15, 0.2) is 146 Å². The molecule has 0 bridgehead atoms. The molecule has 0 radical (unpaired) electrons. The van der Waals surface area contributed by atoms with Crippen LogP contribution in [0.2, 0.25) is 0 Å². The Labute approximate surface area is 288 Å². The Morgan fingerprint density at radius 2 is 1.34 bits per heavy atom. The van der Waals surface area contributed by atoms with Crippen LogP contribution in [0.25, 0.3) is 66.3 Å². The minimum atomic E-state index is -0.698. The van der Waals surface area contributed by atoms with Crippen LogP contribution >= 0.6 is 0 Å². The minimum absolute atomic E-state index is 0.698. The van der Waals surface area contributed by atoms with E-state index < -0.39 is 5.66 Å². The van der Waals surface area contributed by atoms with Gasteiger partial charge >= 0.3 is 5.66 Å². The SMILES string of the molecule is Cc1c(-c2ccc(-c3cccc4ccccc34)cc2)c(C)[n+]2n1-c1cccc3c1C21c2c(ccc4c5ccccc5n(c24)-c2cccc[n+]21)O3. The van der Waals surface area contributed by atoms with E-state index in [1.165, 1.54) is 77.3 Å². The molecular weight excluding hydrogens is 613 g/mol. The predicted octanol–water partition coefficient (Wildman–Crippen LogP) is 9.28. The van der Waals surface area contributed by atoms with E-state index in [4.69, 9.17) is 4.74 Å². The summed E-state index contributed by atoms with van der Waals surface area (Å²) >= 11 is 0. The summed E-state index contributed by atoms with van der Waals surface area (Å²) in [5.74, 6) is 2.93. The lowest BCUT2D eigenvalue weighted by atomic mass is 9.84. The van der Waals surface area contributed by atoms with Gasteiger partial charge in [0.1, 0.15) is 28.3 Å². The number of nitrogens with zero attached hydrogens (tertiary/aromatic N) is 4. The van der Waals surface area contributed by atoms with E-state index in [9.17, 15) is 0 Å². The maximum atomic E-state index is 6.87. The van der Waals surface area contributed by atoms with Crippen LogP contribution in [0.5, 0.6) is 11.5 Å². The first-order valence-corrected chi connectivity index (χ1v) is 17.3. The van der Waals surface area contributed by atoms with Crippen LogP contribution in [0.1, 0.15) is 22.5 Å². The van der Waals surface area contributed by atoms with Gasteiger partial charge in [-0.15, -0.1) is 4.68 Å². The fourth-order valence-electron chi connectivity index (χ4n) is 9.68. The van der Waals surface area contributed by atoms with Crippen LogP contribution < -0.4 is 14.0 Å². The third kappa shape index (κ3) is 2.90. The van der Waals surface area contributed by atoms with Gasteiger partial charge in [0, 0.05) is 23.8 Å². The summed E-state index contributed by atoms with van der Waals surface area (Å²) in [6.45, 7) is 4.56. The van der Waals surface area contributed by atoms with Crippen molar-refractivity contribution >= 4 is 32.6 Å². The molecule has 234 valence electrons. The van der Waals surface area contributed by atoms with Crippen molar-refractivity contribution < 1.29 is 14.0 Å². The first kappa shape index (κ1) is 26.5. The molecule has 50 heavy (non-hydrogen) atoms. The van der Waals surface area contributed by atoms with Crippen molar-refractivity contribution in [3.63, 3.8) is 0 Å². The van der Waals surface area contributed by atoms with Crippen molar-refractivity contribution in [3.05, 3.63) is 168 Å². The number of fused-ring (bicyclic) bond motifs is 8. The largest absolute Gasteiger partial charge is 0.456 e. The van der Waals surface area contributed by atoms with Crippen molar-refractivity contribution in [1.82, 2.24) is 9.25 Å². The average molecular weight is 643 g/mol. The lowest BCUT2D eigenvalue weighted by Gasteiger charge is -2.33. The molecular formula is C45H30N4O+2. The summed E-state index contributed by atoms with van der Waals surface area (Å²) in [6, 6.07) is 50.6. The number of aromatic nitrogens is 4. The lowest BCUT2D eigenvalue weighted by molar-refractivity contribution is -0.995. The molecule has 12 rings (SSSR count). The van der Waals surface area contributed by atoms with Crippen LogP contribution in [0.3, 0.4) is 0 Å². The lowest BCUT2D eigenvalue weighted by Crippen LogP contribution is -2.77. The molecule has 0 fully saturated rings. The molecule has 0 saturated heterocycles. The predicted molar refractivity (Wildman–Crippen MR) is 196 cm³/mol. The summed E-state index contributed by atoms with van der Waals surface area (Å²) in [5.41, 5.74) is 12.6. The second-order valence-corrected chi connectivity index (χ2v) is 13.8. The molecule has 1 spiro atoms. The van der Waals surface area contributed by atoms with Gasteiger partial charge in [-0.05, 0) is 76.9 Å². The van der Waals surface area contributed by atoms with Gasteiger partial charge in [-0.2, -0.15) is 9.13 Å². The van der Waals surface area contributed by atoms with Crippen molar-refractivity contribution in [1.29, 1.82) is 0 Å². The molecule has 0 aliphatic carbocycles. The van der Waals surface area contributed by atoms with Gasteiger partial charge in [0.2, 0.25) is 5.69 Å². The second kappa shape index (κ2) is 8.95. The molecule has 6 aromatic carbocycles. The zero-order valence-electron chi connectivity index (χ0n) is 27.6. The molecule has 9 aromatic rings. The molecule has 0 amide bonds. The number of hydrogen-bond acceptors (Lipinski definition) is 1. The Kier molecular flexibility index (Phi) is 4.74. The van der Waals surface area contributed by atoms with Gasteiger partial charge in [0.25, 0.3) is 5.82 Å². The molecule has 3 aromatic heterocycles. The first-order chi connectivity index (χ1) is 24.7. The zero-order valence-corrected chi connectivity index (χ0v) is 27.6. The monoisotopic (exact) mass is 642 g/mol. The fraction of sp³-hybridized carbons (Fsp3) is 0.0667. The topological polar surface area (TPSA) is 26.8 Å². The van der Waals surface area contributed by atoms with E-state index >= 15 is 0 Å². The molecule has 5 heteroatoms. The van der Waals surface area contributed by atoms with Gasteiger partial charge in [0.15, 0.2) is 11.1 Å². The molecule has 1 unspecified atom stereocenters. The number of rotatable bonds is 2. The standard InChI is InChI=1S/C45H30N4O/c1-27-41(31-22-20-30(21-23-31)33-15-9-12-29-11-3-4-13-32(29)33)28(2)49-45-42-37(48(27)49)17-10-18-38(42)50-39-25-24-35-34-14-5-6-16-36(34)47(44(35)43(39)45)40-19-7-8-26-46(40)45/h3-26H,1-2H3/q+2. The summed E-state index contributed by atoms with van der Waals surface area (Å²) in [7, 11) is 0. The van der Waals surface area contributed by atoms with Gasteiger partial charge in [-0.1, -0.05) is 95.7 Å². The third-order valence-electron chi connectivity index (χ3n) is 11.5. The Bertz CT molecular complexity index is 2980. The average Bonchev–Trinajstić information content (AvgIpc) is 3.76. The maximum absolute atomic E-state index is 6.87. The molecule has 0 N–H and O–H groups in total. The van der Waals surface area contributed by atoms with E-state index in [2.05, 4.69) is 178 Å². The molecule has 3 aliphatic rings. The van der Waals surface area contributed by atoms with E-state index in [0.29, 0.717) is 0 Å². The Balaban J connectivity index is 1.17. The summed E-state index contributed by atoms with van der Waals surface area (Å²) in [6.07, 6.45) is 2.25. The van der Waals surface area contributed by atoms with Crippen molar-refractivity contribution in [2.45, 2.75) is 19.5 Å². The number of hydrogen-bond donors (Lipinski definition) is 0.